The molecule has 0 saturated heterocycles. The summed E-state index contributed by atoms with van der Waals surface area (Å²) < 4.78 is 8.02. The van der Waals surface area contributed by atoms with Crippen molar-refractivity contribution >= 4 is 28.7 Å². The van der Waals surface area contributed by atoms with Gasteiger partial charge < -0.3 is 0 Å². The zero-order valence-corrected chi connectivity index (χ0v) is 7.34. The fourth-order valence-corrected chi connectivity index (χ4v) is 1.52. The third kappa shape index (κ3) is 1.36. The number of nitrogens with one attached hydrogen (secondary N) is 1. The summed E-state index contributed by atoms with van der Waals surface area (Å²) >= 11 is 1.12. The topological polar surface area (TPSA) is 80.9 Å². The van der Waals surface area contributed by atoms with Crippen molar-refractivity contribution in [3.63, 3.8) is 0 Å². The average molecular weight is 194 g/mol. The van der Waals surface area contributed by atoms with Crippen LogP contribution in [0.1, 0.15) is 10.4 Å². The number of hydrogen-bond donors (Lipinski definition) is 2. The molecule has 0 aliphatic rings. The first-order valence-electron chi connectivity index (χ1n) is 3.54. The predicted molar refractivity (Wildman–Crippen MR) is 49.1 cm³/mol. The number of rotatable bonds is 1. The zero-order chi connectivity index (χ0) is 9.26. The number of nitrogens with zero attached hydrogens (tertiary/aromatic N) is 2. The van der Waals surface area contributed by atoms with E-state index in [1.165, 1.54) is 0 Å². The van der Waals surface area contributed by atoms with Gasteiger partial charge in [0.2, 0.25) is 0 Å². The predicted octanol–water partition coefficient (Wildman–Crippen LogP) is 0.295. The van der Waals surface area contributed by atoms with Gasteiger partial charge in [-0.2, -0.15) is 8.75 Å². The van der Waals surface area contributed by atoms with Crippen LogP contribution in [-0.2, 0) is 0 Å². The van der Waals surface area contributed by atoms with Gasteiger partial charge in [-0.1, -0.05) is 0 Å². The minimum absolute atomic E-state index is 0.324. The van der Waals surface area contributed by atoms with Gasteiger partial charge in [0.05, 0.1) is 11.7 Å². The van der Waals surface area contributed by atoms with Crippen LogP contribution in [-0.4, -0.2) is 14.7 Å². The van der Waals surface area contributed by atoms with Gasteiger partial charge in [-0.05, 0) is 18.2 Å². The Hall–Kier alpha value is -1.53. The Labute approximate surface area is 77.9 Å². The molecule has 0 aliphatic heterocycles. The number of aromatic nitrogens is 2. The summed E-state index contributed by atoms with van der Waals surface area (Å²) in [5, 5.41) is 0. The molecular formula is C7H6N4OS. The Bertz CT molecular complexity index is 452. The molecule has 1 amide bonds. The molecule has 6 heteroatoms. The van der Waals surface area contributed by atoms with E-state index in [1.54, 1.807) is 18.2 Å². The summed E-state index contributed by atoms with van der Waals surface area (Å²) in [6, 6.07) is 5.05. The summed E-state index contributed by atoms with van der Waals surface area (Å²) in [6.45, 7) is 0. The van der Waals surface area contributed by atoms with Gasteiger partial charge in [0.25, 0.3) is 5.91 Å². The van der Waals surface area contributed by atoms with E-state index in [-0.39, 0.29) is 5.91 Å². The van der Waals surface area contributed by atoms with Gasteiger partial charge >= 0.3 is 0 Å². The van der Waals surface area contributed by atoms with Crippen molar-refractivity contribution in [3.8, 4) is 0 Å². The van der Waals surface area contributed by atoms with Crippen molar-refractivity contribution in [2.75, 3.05) is 0 Å². The number of amides is 1. The fraction of sp³-hybridized carbons (Fsp3) is 0. The van der Waals surface area contributed by atoms with E-state index in [4.69, 9.17) is 5.84 Å². The van der Waals surface area contributed by atoms with E-state index in [0.717, 1.165) is 17.2 Å². The molecule has 0 bridgehead atoms. The molecule has 0 fully saturated rings. The van der Waals surface area contributed by atoms with Crippen molar-refractivity contribution < 1.29 is 4.79 Å². The summed E-state index contributed by atoms with van der Waals surface area (Å²) in [5.41, 5.74) is 4.05. The maximum Gasteiger partial charge on any atom is 0.265 e. The maximum atomic E-state index is 11.1. The highest BCUT2D eigenvalue weighted by Crippen LogP contribution is 2.12. The summed E-state index contributed by atoms with van der Waals surface area (Å²) in [7, 11) is 0. The maximum absolute atomic E-state index is 11.1. The number of nitrogens with two attached hydrogens (primary N) is 1. The van der Waals surface area contributed by atoms with Gasteiger partial charge in [-0.25, -0.2) is 5.84 Å². The highest BCUT2D eigenvalue weighted by Gasteiger charge is 2.05. The van der Waals surface area contributed by atoms with E-state index in [2.05, 4.69) is 14.2 Å². The molecule has 1 heterocycles. The second-order valence-corrected chi connectivity index (χ2v) is 2.97. The second kappa shape index (κ2) is 3.08. The van der Waals surface area contributed by atoms with E-state index >= 15 is 0 Å². The minimum Gasteiger partial charge on any atom is -0.290 e. The number of fused-ring (bicyclic) bond motifs is 1. The van der Waals surface area contributed by atoms with Crippen molar-refractivity contribution in [2.45, 2.75) is 0 Å². The lowest BCUT2D eigenvalue weighted by Gasteiger charge is -1.97. The van der Waals surface area contributed by atoms with Gasteiger partial charge in [0, 0.05) is 5.56 Å². The molecule has 0 atom stereocenters. The van der Waals surface area contributed by atoms with E-state index in [9.17, 15) is 4.79 Å². The molecule has 1 aromatic heterocycles. The first kappa shape index (κ1) is 8.09. The lowest BCUT2D eigenvalue weighted by molar-refractivity contribution is 0.0954. The van der Waals surface area contributed by atoms with Crippen molar-refractivity contribution in [1.82, 2.24) is 14.2 Å². The molecule has 0 unspecified atom stereocenters. The third-order valence-electron chi connectivity index (χ3n) is 1.65. The van der Waals surface area contributed by atoms with Crippen molar-refractivity contribution in [3.05, 3.63) is 23.8 Å². The molecule has 1 aromatic carbocycles. The first-order valence-corrected chi connectivity index (χ1v) is 4.27. The molecule has 0 aliphatic carbocycles. The van der Waals surface area contributed by atoms with Crippen LogP contribution in [0.5, 0.6) is 0 Å². The third-order valence-corrected chi connectivity index (χ3v) is 2.20. The zero-order valence-electron chi connectivity index (χ0n) is 6.52. The normalized spacial score (nSPS) is 10.2. The summed E-state index contributed by atoms with van der Waals surface area (Å²) in [5.74, 6) is 4.67. The van der Waals surface area contributed by atoms with Gasteiger partial charge in [0.15, 0.2) is 0 Å². The molecule has 13 heavy (non-hydrogen) atoms. The Morgan fingerprint density at radius 1 is 1.38 bits per heavy atom. The molecule has 2 aromatic rings. The molecule has 0 radical (unpaired) electrons. The van der Waals surface area contributed by atoms with Crippen LogP contribution in [0.4, 0.5) is 0 Å². The van der Waals surface area contributed by atoms with Gasteiger partial charge in [0.1, 0.15) is 11.0 Å². The van der Waals surface area contributed by atoms with Crippen LogP contribution in [0.2, 0.25) is 0 Å². The summed E-state index contributed by atoms with van der Waals surface area (Å²) in [4.78, 5) is 11.1. The number of nitrogen functional groups attached to an aromatic ring is 1. The number of hydrogen-bond acceptors (Lipinski definition) is 5. The number of benzene rings is 1. The minimum atomic E-state index is -0.324. The number of carbonyl (C=O) groups excluding carboxylic acids is 1. The van der Waals surface area contributed by atoms with Crippen LogP contribution in [0.15, 0.2) is 18.2 Å². The molecule has 2 rings (SSSR count). The smallest absolute Gasteiger partial charge is 0.265 e. The van der Waals surface area contributed by atoms with Crippen molar-refractivity contribution in [2.24, 2.45) is 5.84 Å². The Kier molecular flexibility index (Phi) is 1.91. The lowest BCUT2D eigenvalue weighted by atomic mass is 10.2. The standard InChI is InChI=1S/C7H6N4OS/c8-9-7(12)4-1-2-5-6(3-4)11-13-10-5/h1-3H,8H2,(H,9,12). The quantitative estimate of drug-likeness (QED) is 0.388. The highest BCUT2D eigenvalue weighted by molar-refractivity contribution is 7.00. The number of hydrazine groups is 1. The molecule has 0 saturated carbocycles. The van der Waals surface area contributed by atoms with Crippen LogP contribution in [0.25, 0.3) is 11.0 Å². The molecule has 66 valence electrons. The van der Waals surface area contributed by atoms with Gasteiger partial charge in [-0.15, -0.1) is 0 Å². The summed E-state index contributed by atoms with van der Waals surface area (Å²) in [6.07, 6.45) is 0. The van der Waals surface area contributed by atoms with Crippen molar-refractivity contribution in [1.29, 1.82) is 0 Å². The Morgan fingerprint density at radius 2 is 2.15 bits per heavy atom. The van der Waals surface area contributed by atoms with Crippen LogP contribution >= 0.6 is 11.7 Å². The largest absolute Gasteiger partial charge is 0.290 e. The fourth-order valence-electron chi connectivity index (χ4n) is 1.01. The van der Waals surface area contributed by atoms with Gasteiger partial charge in [-0.3, -0.25) is 10.2 Å². The van der Waals surface area contributed by atoms with Crippen LogP contribution in [0, 0.1) is 0 Å². The van der Waals surface area contributed by atoms with E-state index in [0.29, 0.717) is 11.1 Å². The monoisotopic (exact) mass is 194 g/mol. The van der Waals surface area contributed by atoms with Crippen LogP contribution in [0.3, 0.4) is 0 Å². The highest BCUT2D eigenvalue weighted by atomic mass is 32.1. The molecule has 0 spiro atoms. The van der Waals surface area contributed by atoms with E-state index in [1.807, 2.05) is 0 Å². The SMILES string of the molecule is NNC(=O)c1ccc2nsnc2c1. The van der Waals surface area contributed by atoms with Crippen LogP contribution < -0.4 is 11.3 Å². The Morgan fingerprint density at radius 3 is 2.92 bits per heavy atom. The lowest BCUT2D eigenvalue weighted by Crippen LogP contribution is -2.29. The Balaban J connectivity index is 2.54. The number of carbonyl (C=O) groups is 1. The molecule has 5 nitrogen and oxygen atoms in total. The van der Waals surface area contributed by atoms with E-state index < -0.39 is 0 Å². The second-order valence-electron chi connectivity index (χ2n) is 2.44. The average Bonchev–Trinajstić information content (AvgIpc) is 2.63. The molecular weight excluding hydrogens is 188 g/mol. The molecule has 3 N–H and O–H groups in total. The first-order chi connectivity index (χ1) is 6.31.